The molecule has 0 amide bonds. The molecule has 0 aliphatic carbocycles. The third-order valence-corrected chi connectivity index (χ3v) is 2.64. The minimum absolute atomic E-state index is 0.634. The van der Waals surface area contributed by atoms with Crippen molar-refractivity contribution in [2.75, 3.05) is 0 Å². The molecule has 0 N–H and O–H groups in total. The average molecular weight is 165 g/mol. The predicted octanol–water partition coefficient (Wildman–Crippen LogP) is 3.13. The first kappa shape index (κ1) is 9.50. The molecule has 1 heteroatoms. The van der Waals surface area contributed by atoms with Gasteiger partial charge in [-0.3, -0.25) is 4.99 Å². The Morgan fingerprint density at radius 1 is 1.00 bits per heavy atom. The van der Waals surface area contributed by atoms with Gasteiger partial charge in [-0.2, -0.15) is 0 Å². The van der Waals surface area contributed by atoms with Gasteiger partial charge < -0.3 is 0 Å². The molecule has 0 bridgehead atoms. The smallest absolute Gasteiger partial charge is 0.0227 e. The van der Waals surface area contributed by atoms with Crippen LogP contribution in [-0.2, 0) is 0 Å². The van der Waals surface area contributed by atoms with Gasteiger partial charge in [0, 0.05) is 18.3 Å². The molecular weight excluding hydrogens is 146 g/mol. The molecule has 0 spiro atoms. The van der Waals surface area contributed by atoms with Crippen LogP contribution in [0.4, 0.5) is 0 Å². The van der Waals surface area contributed by atoms with E-state index < -0.39 is 0 Å². The minimum atomic E-state index is 0.634. The molecule has 0 fully saturated rings. The van der Waals surface area contributed by atoms with Gasteiger partial charge in [0.1, 0.15) is 0 Å². The summed E-state index contributed by atoms with van der Waals surface area (Å²) in [4.78, 5) is 4.21. The summed E-state index contributed by atoms with van der Waals surface area (Å²) < 4.78 is 0. The molecule has 0 saturated carbocycles. The zero-order valence-electron chi connectivity index (χ0n) is 8.49. The first-order valence-corrected chi connectivity index (χ1v) is 4.83. The van der Waals surface area contributed by atoms with Crippen molar-refractivity contribution in [2.24, 2.45) is 28.7 Å². The molecule has 0 radical (unpaired) electrons. The summed E-state index contributed by atoms with van der Waals surface area (Å²) in [7, 11) is 0. The Morgan fingerprint density at radius 3 is 2.00 bits per heavy atom. The summed E-state index contributed by atoms with van der Waals surface area (Å²) in [5.41, 5.74) is 0. The maximum Gasteiger partial charge on any atom is 0.0227 e. The summed E-state index contributed by atoms with van der Waals surface area (Å²) in [6, 6.07) is 0. The van der Waals surface area contributed by atoms with Crippen molar-refractivity contribution >= 4 is 6.21 Å². The van der Waals surface area contributed by atoms with E-state index in [1.807, 2.05) is 6.20 Å². The predicted molar refractivity (Wildman–Crippen MR) is 54.3 cm³/mol. The van der Waals surface area contributed by atoms with Crippen molar-refractivity contribution in [1.82, 2.24) is 0 Å². The summed E-state index contributed by atoms with van der Waals surface area (Å²) in [6.07, 6.45) is 6.29. The van der Waals surface area contributed by atoms with E-state index in [4.69, 9.17) is 0 Å². The summed E-state index contributed by atoms with van der Waals surface area (Å²) in [5, 5.41) is 0. The van der Waals surface area contributed by atoms with Crippen LogP contribution in [0.2, 0.25) is 0 Å². The van der Waals surface area contributed by atoms with Gasteiger partial charge in [0.05, 0.1) is 0 Å². The Morgan fingerprint density at radius 2 is 1.58 bits per heavy atom. The lowest BCUT2D eigenvalue weighted by molar-refractivity contribution is 0.316. The van der Waals surface area contributed by atoms with E-state index in [9.17, 15) is 0 Å². The van der Waals surface area contributed by atoms with Gasteiger partial charge in [0.2, 0.25) is 0 Å². The molecule has 2 unspecified atom stereocenters. The maximum atomic E-state index is 4.21. The number of nitrogens with zero attached hydrogens (tertiary/aromatic N) is 1. The number of hydrogen-bond donors (Lipinski definition) is 0. The normalized spacial score (nSPS) is 28.8. The van der Waals surface area contributed by atoms with Crippen LogP contribution in [0.15, 0.2) is 17.3 Å². The molecule has 1 rings (SSSR count). The standard InChI is InChI=1S/C11H19N/c1-8(2)10-5-6-12-7-11(10)9(3)4/h5-11H,1-4H3. The first-order chi connectivity index (χ1) is 5.63. The Labute approximate surface area is 75.6 Å². The lowest BCUT2D eigenvalue weighted by Crippen LogP contribution is -2.25. The molecule has 0 aromatic heterocycles. The van der Waals surface area contributed by atoms with Crippen molar-refractivity contribution in [3.05, 3.63) is 12.3 Å². The molecule has 68 valence electrons. The van der Waals surface area contributed by atoms with Gasteiger partial charge in [-0.25, -0.2) is 0 Å². The van der Waals surface area contributed by atoms with E-state index in [1.54, 1.807) is 0 Å². The van der Waals surface area contributed by atoms with Gasteiger partial charge in [0.15, 0.2) is 0 Å². The molecule has 0 saturated heterocycles. The van der Waals surface area contributed by atoms with Gasteiger partial charge in [-0.05, 0) is 17.8 Å². The van der Waals surface area contributed by atoms with E-state index in [0.717, 1.165) is 5.92 Å². The van der Waals surface area contributed by atoms with Crippen LogP contribution in [0.3, 0.4) is 0 Å². The molecule has 1 nitrogen and oxygen atoms in total. The Hall–Kier alpha value is -0.590. The molecule has 1 heterocycles. The van der Waals surface area contributed by atoms with E-state index in [1.165, 1.54) is 0 Å². The number of rotatable bonds is 2. The fraction of sp³-hybridized carbons (Fsp3) is 0.727. The van der Waals surface area contributed by atoms with E-state index in [-0.39, 0.29) is 0 Å². The van der Waals surface area contributed by atoms with Crippen LogP contribution in [0, 0.1) is 23.7 Å². The molecule has 12 heavy (non-hydrogen) atoms. The van der Waals surface area contributed by atoms with Crippen molar-refractivity contribution < 1.29 is 0 Å². The van der Waals surface area contributed by atoms with Crippen molar-refractivity contribution in [1.29, 1.82) is 0 Å². The lowest BCUT2D eigenvalue weighted by atomic mass is 9.77. The third kappa shape index (κ3) is 1.96. The monoisotopic (exact) mass is 165 g/mol. The molecule has 1 aliphatic rings. The van der Waals surface area contributed by atoms with E-state index in [2.05, 4.69) is 45.0 Å². The highest BCUT2D eigenvalue weighted by Crippen LogP contribution is 2.29. The fourth-order valence-electron chi connectivity index (χ4n) is 1.81. The SMILES string of the molecule is CC(C)C1C=CN=CC1C(C)C. The molecule has 2 atom stereocenters. The summed E-state index contributed by atoms with van der Waals surface area (Å²) >= 11 is 0. The highest BCUT2D eigenvalue weighted by Gasteiger charge is 2.24. The second-order valence-corrected chi connectivity index (χ2v) is 4.28. The molecule has 1 aliphatic heterocycles. The van der Waals surface area contributed by atoms with E-state index in [0.29, 0.717) is 17.8 Å². The molecule has 0 aromatic carbocycles. The fourth-order valence-corrected chi connectivity index (χ4v) is 1.81. The molecule has 0 aromatic rings. The van der Waals surface area contributed by atoms with Gasteiger partial charge in [0.25, 0.3) is 0 Å². The summed E-state index contributed by atoms with van der Waals surface area (Å²) in [5.74, 6) is 2.74. The van der Waals surface area contributed by atoms with Crippen molar-refractivity contribution in [2.45, 2.75) is 27.7 Å². The topological polar surface area (TPSA) is 12.4 Å². The zero-order valence-corrected chi connectivity index (χ0v) is 8.49. The van der Waals surface area contributed by atoms with Crippen LogP contribution in [0.5, 0.6) is 0 Å². The largest absolute Gasteiger partial charge is 0.269 e. The van der Waals surface area contributed by atoms with Crippen LogP contribution < -0.4 is 0 Å². The van der Waals surface area contributed by atoms with Crippen LogP contribution in [0.1, 0.15) is 27.7 Å². The second kappa shape index (κ2) is 3.88. The zero-order chi connectivity index (χ0) is 9.14. The van der Waals surface area contributed by atoms with Gasteiger partial charge >= 0.3 is 0 Å². The maximum absolute atomic E-state index is 4.21. The Bertz CT molecular complexity index is 167. The van der Waals surface area contributed by atoms with Crippen LogP contribution in [-0.4, -0.2) is 6.21 Å². The highest BCUT2D eigenvalue weighted by atomic mass is 14.7. The van der Waals surface area contributed by atoms with Crippen LogP contribution in [0.25, 0.3) is 0 Å². The third-order valence-electron chi connectivity index (χ3n) is 2.64. The Kier molecular flexibility index (Phi) is 3.07. The second-order valence-electron chi connectivity index (χ2n) is 4.28. The first-order valence-electron chi connectivity index (χ1n) is 4.83. The van der Waals surface area contributed by atoms with Gasteiger partial charge in [-0.15, -0.1) is 0 Å². The average Bonchev–Trinajstić information content (AvgIpc) is 2.04. The quantitative estimate of drug-likeness (QED) is 0.596. The Balaban J connectivity index is 2.71. The molecular formula is C11H19N. The van der Waals surface area contributed by atoms with Crippen molar-refractivity contribution in [3.8, 4) is 0 Å². The van der Waals surface area contributed by atoms with E-state index >= 15 is 0 Å². The van der Waals surface area contributed by atoms with Gasteiger partial charge in [-0.1, -0.05) is 33.8 Å². The number of allylic oxidation sites excluding steroid dienone is 1. The van der Waals surface area contributed by atoms with Crippen LogP contribution >= 0.6 is 0 Å². The minimum Gasteiger partial charge on any atom is -0.269 e. The lowest BCUT2D eigenvalue weighted by Gasteiger charge is -2.29. The number of aliphatic imine (C=N–C) groups is 1. The van der Waals surface area contributed by atoms with Crippen molar-refractivity contribution in [3.63, 3.8) is 0 Å². The highest BCUT2D eigenvalue weighted by molar-refractivity contribution is 5.64. The summed E-state index contributed by atoms with van der Waals surface area (Å²) in [6.45, 7) is 9.10. The number of hydrogen-bond acceptors (Lipinski definition) is 1.